The van der Waals surface area contributed by atoms with Gasteiger partial charge in [0.15, 0.2) is 0 Å². The van der Waals surface area contributed by atoms with Gasteiger partial charge in [-0.15, -0.1) is 0 Å². The smallest absolute Gasteiger partial charge is 0.417 e. The van der Waals surface area contributed by atoms with Gasteiger partial charge in [-0.3, -0.25) is 0 Å². The maximum atomic E-state index is 13.0. The molecule has 2 rings (SSSR count). The molecule has 0 saturated heterocycles. The number of hydrogen-bond acceptors (Lipinski definition) is 2. The Bertz CT molecular complexity index is 522. The Balaban J connectivity index is 2.20. The second-order valence-corrected chi connectivity index (χ2v) is 6.01. The predicted molar refractivity (Wildman–Crippen MR) is 79.4 cm³/mol. The molecular weight excluding hydrogens is 299 g/mol. The zero-order chi connectivity index (χ0) is 15.6. The Morgan fingerprint density at radius 2 is 1.86 bits per heavy atom. The first-order valence-electron chi connectivity index (χ1n) is 6.95. The number of rotatable bonds is 3. The summed E-state index contributed by atoms with van der Waals surface area (Å²) in [6.45, 7) is 2.18. The van der Waals surface area contributed by atoms with Gasteiger partial charge in [0.1, 0.15) is 10.7 Å². The predicted octanol–water partition coefficient (Wildman–Crippen LogP) is 4.30. The SMILES string of the molecule is CC1CCC(Oc2ccc(C(N)=S)c(C(F)(F)F)c2)CC1. The van der Waals surface area contributed by atoms with Crippen molar-refractivity contribution in [3.05, 3.63) is 29.3 Å². The average molecular weight is 317 g/mol. The number of nitrogens with two attached hydrogens (primary N) is 1. The molecule has 0 unspecified atom stereocenters. The maximum Gasteiger partial charge on any atom is 0.417 e. The van der Waals surface area contributed by atoms with E-state index in [1.54, 1.807) is 0 Å². The third-order valence-electron chi connectivity index (χ3n) is 3.83. The van der Waals surface area contributed by atoms with Crippen molar-refractivity contribution in [3.63, 3.8) is 0 Å². The van der Waals surface area contributed by atoms with Crippen molar-refractivity contribution < 1.29 is 17.9 Å². The molecule has 0 aliphatic heterocycles. The summed E-state index contributed by atoms with van der Waals surface area (Å²) >= 11 is 4.67. The van der Waals surface area contributed by atoms with Crippen LogP contribution in [0.2, 0.25) is 0 Å². The van der Waals surface area contributed by atoms with Crippen LogP contribution in [0.25, 0.3) is 0 Å². The van der Waals surface area contributed by atoms with E-state index in [-0.39, 0.29) is 22.4 Å². The summed E-state index contributed by atoms with van der Waals surface area (Å²) in [5, 5.41) is 0. The zero-order valence-electron chi connectivity index (χ0n) is 11.7. The highest BCUT2D eigenvalue weighted by Crippen LogP contribution is 2.35. The van der Waals surface area contributed by atoms with Gasteiger partial charge in [0.25, 0.3) is 0 Å². The molecule has 0 radical (unpaired) electrons. The molecule has 0 bridgehead atoms. The molecule has 0 atom stereocenters. The molecule has 2 nitrogen and oxygen atoms in total. The Morgan fingerprint density at radius 3 is 2.38 bits per heavy atom. The van der Waals surface area contributed by atoms with Crippen LogP contribution in [-0.2, 0) is 6.18 Å². The van der Waals surface area contributed by atoms with E-state index < -0.39 is 11.7 Å². The molecule has 2 N–H and O–H groups in total. The molecule has 0 spiro atoms. The summed E-state index contributed by atoms with van der Waals surface area (Å²) in [4.78, 5) is -0.264. The number of ether oxygens (including phenoxy) is 1. The van der Waals surface area contributed by atoms with E-state index in [9.17, 15) is 13.2 Å². The van der Waals surface area contributed by atoms with Crippen LogP contribution in [0.3, 0.4) is 0 Å². The molecule has 1 aromatic rings. The number of alkyl halides is 3. The fraction of sp³-hybridized carbons (Fsp3) is 0.533. The standard InChI is InChI=1S/C15H18F3NOS/c1-9-2-4-10(5-3-9)20-11-6-7-12(14(19)21)13(8-11)15(16,17)18/h6-10H,2-5H2,1H3,(H2,19,21). The largest absolute Gasteiger partial charge is 0.490 e. The summed E-state index contributed by atoms with van der Waals surface area (Å²) in [5.41, 5.74) is 4.35. The van der Waals surface area contributed by atoms with Crippen LogP contribution in [0.4, 0.5) is 13.2 Å². The van der Waals surface area contributed by atoms with Gasteiger partial charge in [-0.1, -0.05) is 19.1 Å². The molecule has 6 heteroatoms. The summed E-state index contributed by atoms with van der Waals surface area (Å²) in [6, 6.07) is 3.78. The lowest BCUT2D eigenvalue weighted by molar-refractivity contribution is -0.137. The highest BCUT2D eigenvalue weighted by Gasteiger charge is 2.34. The summed E-state index contributed by atoms with van der Waals surface area (Å²) < 4.78 is 44.8. The number of benzene rings is 1. The second-order valence-electron chi connectivity index (χ2n) is 5.57. The van der Waals surface area contributed by atoms with E-state index in [4.69, 9.17) is 10.5 Å². The molecule has 0 aromatic heterocycles. The Labute approximate surface area is 127 Å². The molecule has 1 aliphatic rings. The first-order valence-corrected chi connectivity index (χ1v) is 7.36. The topological polar surface area (TPSA) is 35.2 Å². The fourth-order valence-corrected chi connectivity index (χ4v) is 2.76. The summed E-state index contributed by atoms with van der Waals surface area (Å²) in [5.74, 6) is 0.884. The molecule has 0 heterocycles. The van der Waals surface area contributed by atoms with Crippen molar-refractivity contribution in [1.82, 2.24) is 0 Å². The molecule has 1 aliphatic carbocycles. The van der Waals surface area contributed by atoms with Gasteiger partial charge in [0, 0.05) is 5.56 Å². The molecule has 1 aromatic carbocycles. The first kappa shape index (κ1) is 16.1. The maximum absolute atomic E-state index is 13.0. The van der Waals surface area contributed by atoms with Gasteiger partial charge in [-0.25, -0.2) is 0 Å². The molecule has 116 valence electrons. The third kappa shape index (κ3) is 4.09. The molecule has 0 amide bonds. The van der Waals surface area contributed by atoms with E-state index >= 15 is 0 Å². The van der Waals surface area contributed by atoms with Gasteiger partial charge in [-0.2, -0.15) is 13.2 Å². The van der Waals surface area contributed by atoms with Crippen molar-refractivity contribution >= 4 is 17.2 Å². The van der Waals surface area contributed by atoms with Crippen molar-refractivity contribution in [3.8, 4) is 5.75 Å². The van der Waals surface area contributed by atoms with Gasteiger partial charge in [-0.05, 0) is 49.8 Å². The van der Waals surface area contributed by atoms with E-state index in [2.05, 4.69) is 19.1 Å². The van der Waals surface area contributed by atoms with Crippen LogP contribution in [-0.4, -0.2) is 11.1 Å². The normalized spacial score (nSPS) is 22.9. The molecule has 1 saturated carbocycles. The summed E-state index contributed by atoms with van der Waals surface area (Å²) in [6.07, 6.45) is -0.681. The first-order chi connectivity index (χ1) is 9.77. The number of thiocarbonyl (C=S) groups is 1. The molecular formula is C15H18F3NOS. The molecule has 1 fully saturated rings. The fourth-order valence-electron chi connectivity index (χ4n) is 2.59. The molecule has 21 heavy (non-hydrogen) atoms. The van der Waals surface area contributed by atoms with Crippen LogP contribution < -0.4 is 10.5 Å². The van der Waals surface area contributed by atoms with E-state index in [1.807, 2.05) is 0 Å². The Kier molecular flexibility index (Phi) is 4.76. The van der Waals surface area contributed by atoms with Crippen molar-refractivity contribution in [2.24, 2.45) is 11.7 Å². The lowest BCUT2D eigenvalue weighted by Crippen LogP contribution is -2.23. The van der Waals surface area contributed by atoms with Gasteiger partial charge in [0.05, 0.1) is 11.7 Å². The lowest BCUT2D eigenvalue weighted by atomic mass is 9.89. The number of hydrogen-bond donors (Lipinski definition) is 1. The minimum Gasteiger partial charge on any atom is -0.490 e. The van der Waals surface area contributed by atoms with Crippen LogP contribution in [0.5, 0.6) is 5.75 Å². The van der Waals surface area contributed by atoms with Crippen molar-refractivity contribution in [2.45, 2.75) is 44.9 Å². The van der Waals surface area contributed by atoms with E-state index in [1.165, 1.54) is 12.1 Å². The van der Waals surface area contributed by atoms with Crippen LogP contribution in [0.15, 0.2) is 18.2 Å². The third-order valence-corrected chi connectivity index (χ3v) is 4.05. The monoisotopic (exact) mass is 317 g/mol. The number of halogens is 3. The van der Waals surface area contributed by atoms with Gasteiger partial charge in [0.2, 0.25) is 0 Å². The van der Waals surface area contributed by atoms with Gasteiger partial charge < -0.3 is 10.5 Å². The lowest BCUT2D eigenvalue weighted by Gasteiger charge is -2.27. The van der Waals surface area contributed by atoms with Crippen molar-refractivity contribution in [2.75, 3.05) is 0 Å². The quantitative estimate of drug-likeness (QED) is 0.844. The van der Waals surface area contributed by atoms with Crippen LogP contribution >= 0.6 is 12.2 Å². The Morgan fingerprint density at radius 1 is 1.24 bits per heavy atom. The van der Waals surface area contributed by atoms with Gasteiger partial charge >= 0.3 is 6.18 Å². The second kappa shape index (κ2) is 6.22. The minimum absolute atomic E-state index is 0.0158. The highest BCUT2D eigenvalue weighted by molar-refractivity contribution is 7.80. The Hall–Kier alpha value is -1.30. The van der Waals surface area contributed by atoms with E-state index in [0.29, 0.717) is 5.92 Å². The van der Waals surface area contributed by atoms with Crippen LogP contribution in [0.1, 0.15) is 43.7 Å². The summed E-state index contributed by atoms with van der Waals surface area (Å²) in [7, 11) is 0. The zero-order valence-corrected chi connectivity index (χ0v) is 12.6. The highest BCUT2D eigenvalue weighted by atomic mass is 32.1. The van der Waals surface area contributed by atoms with E-state index in [0.717, 1.165) is 31.7 Å². The van der Waals surface area contributed by atoms with Crippen molar-refractivity contribution in [1.29, 1.82) is 0 Å². The average Bonchev–Trinajstić information content (AvgIpc) is 2.40. The minimum atomic E-state index is -4.50. The van der Waals surface area contributed by atoms with Crippen LogP contribution in [0, 0.1) is 5.92 Å².